The van der Waals surface area contributed by atoms with Crippen molar-refractivity contribution in [2.75, 3.05) is 6.54 Å². The highest BCUT2D eigenvalue weighted by Gasteiger charge is 2.14. The Hall–Kier alpha value is -2.21. The van der Waals surface area contributed by atoms with E-state index in [9.17, 15) is 10.1 Å². The molecule has 1 unspecified atom stereocenters. The monoisotopic (exact) mass is 261 g/mol. The minimum absolute atomic E-state index is 0.0115. The molecule has 0 saturated heterocycles. The van der Waals surface area contributed by atoms with E-state index in [0.29, 0.717) is 17.2 Å². The van der Waals surface area contributed by atoms with Crippen LogP contribution in [0, 0.1) is 10.1 Å². The van der Waals surface area contributed by atoms with Gasteiger partial charge in [0.05, 0.1) is 17.2 Å². The Morgan fingerprint density at radius 3 is 3.00 bits per heavy atom. The molecule has 0 aliphatic heterocycles. The van der Waals surface area contributed by atoms with Crippen LogP contribution in [0.15, 0.2) is 34.9 Å². The Bertz CT molecular complexity index is 580. The molecule has 1 aromatic heterocycles. The van der Waals surface area contributed by atoms with Gasteiger partial charge in [-0.1, -0.05) is 19.1 Å². The first-order valence-corrected chi connectivity index (χ1v) is 6.05. The van der Waals surface area contributed by atoms with E-state index in [1.54, 1.807) is 18.3 Å². The number of nitrogens with one attached hydrogen (secondary N) is 1. The molecule has 0 saturated carbocycles. The van der Waals surface area contributed by atoms with Gasteiger partial charge in [0.2, 0.25) is 5.89 Å². The number of benzene rings is 1. The fourth-order valence-electron chi connectivity index (χ4n) is 1.79. The minimum atomic E-state index is -0.429. The first-order chi connectivity index (χ1) is 9.11. The molecule has 1 aromatic carbocycles. The molecule has 1 N–H and O–H groups in total. The number of hydrogen-bond donors (Lipinski definition) is 1. The van der Waals surface area contributed by atoms with Crippen molar-refractivity contribution in [3.05, 3.63) is 46.5 Å². The van der Waals surface area contributed by atoms with Crippen LogP contribution in [0.3, 0.4) is 0 Å². The average Bonchev–Trinajstić information content (AvgIpc) is 2.89. The second kappa shape index (κ2) is 5.62. The molecular weight excluding hydrogens is 246 g/mol. The summed E-state index contributed by atoms with van der Waals surface area (Å²) in [6.45, 7) is 4.77. The van der Waals surface area contributed by atoms with Gasteiger partial charge in [-0.3, -0.25) is 10.1 Å². The van der Waals surface area contributed by atoms with Crippen LogP contribution in [0.2, 0.25) is 0 Å². The number of rotatable bonds is 5. The molecule has 6 nitrogen and oxygen atoms in total. The van der Waals surface area contributed by atoms with Gasteiger partial charge in [0.15, 0.2) is 5.76 Å². The number of nitro benzene ring substituents is 1. The van der Waals surface area contributed by atoms with Crippen molar-refractivity contribution in [2.45, 2.75) is 19.9 Å². The molecule has 100 valence electrons. The summed E-state index contributed by atoms with van der Waals surface area (Å²) in [5, 5.41) is 13.9. The van der Waals surface area contributed by atoms with Crippen LogP contribution in [0.4, 0.5) is 5.69 Å². The molecule has 0 aliphatic rings. The maximum Gasteiger partial charge on any atom is 0.270 e. The summed E-state index contributed by atoms with van der Waals surface area (Å²) in [7, 11) is 0. The van der Waals surface area contributed by atoms with Crippen molar-refractivity contribution >= 4 is 5.69 Å². The quantitative estimate of drug-likeness (QED) is 0.661. The van der Waals surface area contributed by atoms with Crippen LogP contribution < -0.4 is 5.32 Å². The first kappa shape index (κ1) is 13.2. The predicted octanol–water partition coefficient (Wildman–Crippen LogP) is 2.92. The minimum Gasteiger partial charge on any atom is -0.439 e. The molecule has 2 aromatic rings. The van der Waals surface area contributed by atoms with Crippen molar-refractivity contribution in [3.8, 4) is 11.3 Å². The number of nitrogens with zero attached hydrogens (tertiary/aromatic N) is 2. The molecule has 6 heteroatoms. The Kier molecular flexibility index (Phi) is 3.91. The predicted molar refractivity (Wildman–Crippen MR) is 70.7 cm³/mol. The van der Waals surface area contributed by atoms with Crippen LogP contribution in [0.25, 0.3) is 11.3 Å². The lowest BCUT2D eigenvalue weighted by molar-refractivity contribution is -0.384. The topological polar surface area (TPSA) is 81.2 Å². The van der Waals surface area contributed by atoms with Crippen LogP contribution >= 0.6 is 0 Å². The van der Waals surface area contributed by atoms with Crippen LogP contribution in [0.1, 0.15) is 25.8 Å². The molecule has 2 rings (SSSR count). The van der Waals surface area contributed by atoms with E-state index in [1.165, 1.54) is 12.1 Å². The number of oxazole rings is 1. The molecule has 1 heterocycles. The lowest BCUT2D eigenvalue weighted by Crippen LogP contribution is -2.17. The van der Waals surface area contributed by atoms with Crippen molar-refractivity contribution < 1.29 is 9.34 Å². The van der Waals surface area contributed by atoms with Gasteiger partial charge in [0.25, 0.3) is 5.69 Å². The van der Waals surface area contributed by atoms with Crippen molar-refractivity contribution in [1.29, 1.82) is 0 Å². The number of nitro groups is 1. The number of aromatic nitrogens is 1. The van der Waals surface area contributed by atoms with Gasteiger partial charge in [0.1, 0.15) is 0 Å². The maximum absolute atomic E-state index is 10.7. The average molecular weight is 261 g/mol. The molecule has 0 spiro atoms. The van der Waals surface area contributed by atoms with E-state index in [-0.39, 0.29) is 11.7 Å². The lowest BCUT2D eigenvalue weighted by atomic mass is 10.2. The van der Waals surface area contributed by atoms with Gasteiger partial charge >= 0.3 is 0 Å². The second-order valence-electron chi connectivity index (χ2n) is 4.15. The summed E-state index contributed by atoms with van der Waals surface area (Å²) in [5.41, 5.74) is 0.687. The van der Waals surface area contributed by atoms with Gasteiger partial charge in [-0.2, -0.15) is 0 Å². The van der Waals surface area contributed by atoms with Crippen molar-refractivity contribution in [2.24, 2.45) is 0 Å². The third-order valence-corrected chi connectivity index (χ3v) is 2.75. The van der Waals surface area contributed by atoms with Crippen molar-refractivity contribution in [3.63, 3.8) is 0 Å². The van der Waals surface area contributed by atoms with Gasteiger partial charge in [-0.05, 0) is 13.5 Å². The highest BCUT2D eigenvalue weighted by molar-refractivity contribution is 5.60. The Morgan fingerprint density at radius 2 is 2.32 bits per heavy atom. The normalized spacial score (nSPS) is 12.3. The summed E-state index contributed by atoms with van der Waals surface area (Å²) in [6, 6.07) is 6.32. The maximum atomic E-state index is 10.7. The van der Waals surface area contributed by atoms with Gasteiger partial charge in [-0.25, -0.2) is 4.98 Å². The molecule has 0 bridgehead atoms. The van der Waals surface area contributed by atoms with Crippen LogP contribution in [0.5, 0.6) is 0 Å². The number of non-ortho nitro benzene ring substituents is 1. The lowest BCUT2D eigenvalue weighted by Gasteiger charge is -2.06. The van der Waals surface area contributed by atoms with Gasteiger partial charge in [0, 0.05) is 17.7 Å². The highest BCUT2D eigenvalue weighted by Crippen LogP contribution is 2.26. The van der Waals surface area contributed by atoms with Crippen LogP contribution in [-0.4, -0.2) is 16.5 Å². The third kappa shape index (κ3) is 2.97. The fourth-order valence-corrected chi connectivity index (χ4v) is 1.79. The Balaban J connectivity index is 2.27. The molecular formula is C13H15N3O3. The van der Waals surface area contributed by atoms with E-state index in [4.69, 9.17) is 4.42 Å². The Labute approximate surface area is 110 Å². The van der Waals surface area contributed by atoms with E-state index >= 15 is 0 Å². The van der Waals surface area contributed by atoms with E-state index in [2.05, 4.69) is 10.3 Å². The number of hydrogen-bond acceptors (Lipinski definition) is 5. The summed E-state index contributed by atoms with van der Waals surface area (Å²) < 4.78 is 5.62. The summed E-state index contributed by atoms with van der Waals surface area (Å²) in [5.74, 6) is 1.10. The molecule has 0 radical (unpaired) electrons. The second-order valence-corrected chi connectivity index (χ2v) is 4.15. The fraction of sp³-hybridized carbons (Fsp3) is 0.308. The van der Waals surface area contributed by atoms with Gasteiger partial charge < -0.3 is 9.73 Å². The molecule has 0 fully saturated rings. The highest BCUT2D eigenvalue weighted by atomic mass is 16.6. The third-order valence-electron chi connectivity index (χ3n) is 2.75. The van der Waals surface area contributed by atoms with Crippen LogP contribution in [-0.2, 0) is 0 Å². The zero-order chi connectivity index (χ0) is 13.8. The molecule has 0 aliphatic carbocycles. The van der Waals surface area contributed by atoms with E-state index < -0.39 is 4.92 Å². The largest absolute Gasteiger partial charge is 0.439 e. The Morgan fingerprint density at radius 1 is 1.53 bits per heavy atom. The zero-order valence-corrected chi connectivity index (χ0v) is 10.8. The molecule has 19 heavy (non-hydrogen) atoms. The molecule has 0 amide bonds. The summed E-state index contributed by atoms with van der Waals surface area (Å²) in [4.78, 5) is 14.5. The first-order valence-electron chi connectivity index (χ1n) is 6.05. The van der Waals surface area contributed by atoms with Crippen molar-refractivity contribution in [1.82, 2.24) is 10.3 Å². The van der Waals surface area contributed by atoms with E-state index in [1.807, 2.05) is 13.8 Å². The summed E-state index contributed by atoms with van der Waals surface area (Å²) >= 11 is 0. The van der Waals surface area contributed by atoms with Gasteiger partial charge in [-0.15, -0.1) is 0 Å². The molecule has 1 atom stereocenters. The standard InChI is InChI=1S/C13H15N3O3/c1-3-14-9(2)13-15-8-12(19-13)10-5-4-6-11(7-10)16(17)18/h4-9,14H,3H2,1-2H3. The zero-order valence-electron chi connectivity index (χ0n) is 10.8. The SMILES string of the molecule is CCNC(C)c1ncc(-c2cccc([N+](=O)[O-])c2)o1. The summed E-state index contributed by atoms with van der Waals surface area (Å²) in [6.07, 6.45) is 1.59. The van der Waals surface area contributed by atoms with E-state index in [0.717, 1.165) is 6.54 Å². The smallest absolute Gasteiger partial charge is 0.270 e.